The number of fused-ring (bicyclic) bond motifs is 1. The largest absolute Gasteiger partial charge is 0.493 e. The van der Waals surface area contributed by atoms with Crippen LogP contribution < -0.4 is 14.2 Å². The maximum absolute atomic E-state index is 14.4. The molecular formula is C37H42FN3O6. The van der Waals surface area contributed by atoms with Crippen LogP contribution in [0.25, 0.3) is 17.2 Å². The number of hydrogen-bond donors (Lipinski definition) is 0. The zero-order valence-corrected chi connectivity index (χ0v) is 27.4. The molecule has 47 heavy (non-hydrogen) atoms. The van der Waals surface area contributed by atoms with Gasteiger partial charge < -0.3 is 28.4 Å². The minimum Gasteiger partial charge on any atom is -0.493 e. The molecule has 0 spiro atoms. The van der Waals surface area contributed by atoms with Crippen LogP contribution in [0.15, 0.2) is 53.0 Å². The summed E-state index contributed by atoms with van der Waals surface area (Å²) in [6.45, 7) is 5.58. The molecule has 1 amide bonds. The predicted octanol–water partition coefficient (Wildman–Crippen LogP) is 7.20. The van der Waals surface area contributed by atoms with E-state index in [-0.39, 0.29) is 23.8 Å². The molecule has 248 valence electrons. The smallest absolute Gasteiger partial charge is 0.415 e. The first-order valence-corrected chi connectivity index (χ1v) is 16.4. The van der Waals surface area contributed by atoms with Crippen molar-refractivity contribution in [3.8, 4) is 17.2 Å². The van der Waals surface area contributed by atoms with E-state index >= 15 is 0 Å². The van der Waals surface area contributed by atoms with E-state index in [2.05, 4.69) is 9.88 Å². The molecule has 0 N–H and O–H groups in total. The Morgan fingerprint density at radius 3 is 2.38 bits per heavy atom. The lowest BCUT2D eigenvalue weighted by molar-refractivity contribution is -0.118. The number of carbonyl (C=O) groups excluding carboxylic acids is 2. The molecule has 1 aliphatic carbocycles. The standard InChI is InChI=1S/C37H42FN3O6/c1-24-30(10-8-29(42)21-27-22-46-23-39-27)33-20-26(38)7-9-31(33)32(24)17-25-18-34(44-2)36(35(19-25)45-3)47-37(43)41-15-11-28(12-16-41)40-13-5-4-6-14-40/h7,9,17-20,22-23,28H,4-6,8,10-16,21H2,1-3H3/b32-17-. The van der Waals surface area contributed by atoms with Gasteiger partial charge in [-0.1, -0.05) is 12.5 Å². The van der Waals surface area contributed by atoms with E-state index in [1.807, 2.05) is 13.0 Å². The van der Waals surface area contributed by atoms with Crippen LogP contribution in [0.3, 0.4) is 0 Å². The first kappa shape index (κ1) is 32.5. The zero-order chi connectivity index (χ0) is 32.9. The van der Waals surface area contributed by atoms with Crippen molar-refractivity contribution in [2.45, 2.75) is 64.3 Å². The van der Waals surface area contributed by atoms with Gasteiger partial charge in [0.25, 0.3) is 0 Å². The van der Waals surface area contributed by atoms with Gasteiger partial charge in [-0.15, -0.1) is 0 Å². The Hall–Kier alpha value is -4.44. The fraction of sp³-hybridized carbons (Fsp3) is 0.432. The third-order valence-electron chi connectivity index (χ3n) is 9.58. The summed E-state index contributed by atoms with van der Waals surface area (Å²) in [7, 11) is 3.06. The highest BCUT2D eigenvalue weighted by molar-refractivity contribution is 6.05. The Morgan fingerprint density at radius 1 is 1.00 bits per heavy atom. The summed E-state index contributed by atoms with van der Waals surface area (Å²) in [5, 5.41) is 0. The Balaban J connectivity index is 1.20. The Bertz CT molecular complexity index is 1640. The van der Waals surface area contributed by atoms with Crippen LogP contribution in [0, 0.1) is 5.82 Å². The monoisotopic (exact) mass is 643 g/mol. The molecule has 0 radical (unpaired) electrons. The summed E-state index contributed by atoms with van der Waals surface area (Å²) < 4.78 is 36.7. The molecule has 2 aliphatic heterocycles. The second-order valence-electron chi connectivity index (χ2n) is 12.5. The van der Waals surface area contributed by atoms with Crippen LogP contribution in [0.5, 0.6) is 17.2 Å². The zero-order valence-electron chi connectivity index (χ0n) is 27.4. The van der Waals surface area contributed by atoms with Gasteiger partial charge >= 0.3 is 6.09 Å². The summed E-state index contributed by atoms with van der Waals surface area (Å²) in [5.74, 6) is 0.651. The molecule has 3 heterocycles. The van der Waals surface area contributed by atoms with E-state index in [0.29, 0.717) is 49.2 Å². The van der Waals surface area contributed by atoms with Gasteiger partial charge in [-0.05, 0) is 116 Å². The molecule has 3 aromatic rings. The number of nitrogens with zero attached hydrogens (tertiary/aromatic N) is 3. The van der Waals surface area contributed by atoms with Gasteiger partial charge in [-0.2, -0.15) is 0 Å². The molecule has 3 aliphatic rings. The number of ketones is 1. The molecular weight excluding hydrogens is 601 g/mol. The van der Waals surface area contributed by atoms with Crippen molar-refractivity contribution in [2.24, 2.45) is 0 Å². The summed E-state index contributed by atoms with van der Waals surface area (Å²) in [5.41, 5.74) is 5.79. The lowest BCUT2D eigenvalue weighted by atomic mass is 9.98. The quantitative estimate of drug-likeness (QED) is 0.229. The number of rotatable bonds is 10. The number of amides is 1. The molecule has 1 aromatic heterocycles. The van der Waals surface area contributed by atoms with Crippen molar-refractivity contribution in [2.75, 3.05) is 40.4 Å². The molecule has 2 aromatic carbocycles. The van der Waals surface area contributed by atoms with Crippen molar-refractivity contribution in [3.63, 3.8) is 0 Å². The molecule has 0 saturated carbocycles. The fourth-order valence-corrected chi connectivity index (χ4v) is 7.06. The highest BCUT2D eigenvalue weighted by Crippen LogP contribution is 2.46. The number of Topliss-reactive ketones (excluding diaryl/α,β-unsaturated/α-hetero) is 1. The molecule has 0 unspecified atom stereocenters. The average Bonchev–Trinajstić information content (AvgIpc) is 3.69. The second kappa shape index (κ2) is 14.5. The predicted molar refractivity (Wildman–Crippen MR) is 177 cm³/mol. The van der Waals surface area contributed by atoms with Crippen molar-refractivity contribution in [1.29, 1.82) is 0 Å². The van der Waals surface area contributed by atoms with E-state index in [1.54, 1.807) is 23.1 Å². The van der Waals surface area contributed by atoms with Gasteiger partial charge in [0.1, 0.15) is 17.9 Å². The van der Waals surface area contributed by atoms with Crippen LogP contribution in [0.4, 0.5) is 9.18 Å². The van der Waals surface area contributed by atoms with Crippen molar-refractivity contribution in [3.05, 3.63) is 76.8 Å². The third-order valence-corrected chi connectivity index (χ3v) is 9.58. The van der Waals surface area contributed by atoms with E-state index in [0.717, 1.165) is 59.3 Å². The number of likely N-dealkylation sites (tertiary alicyclic amines) is 2. The van der Waals surface area contributed by atoms with E-state index in [9.17, 15) is 14.0 Å². The fourth-order valence-electron chi connectivity index (χ4n) is 7.06. The number of benzene rings is 2. The molecule has 9 nitrogen and oxygen atoms in total. The Kier molecular flexibility index (Phi) is 10.1. The Morgan fingerprint density at radius 2 is 1.72 bits per heavy atom. The van der Waals surface area contributed by atoms with E-state index in [1.165, 1.54) is 58.3 Å². The number of piperidine rings is 2. The van der Waals surface area contributed by atoms with Crippen molar-refractivity contribution in [1.82, 2.24) is 14.8 Å². The maximum Gasteiger partial charge on any atom is 0.415 e. The van der Waals surface area contributed by atoms with Crippen LogP contribution in [-0.2, 0) is 11.2 Å². The number of allylic oxidation sites excluding steroid dienone is 3. The number of ether oxygens (including phenoxy) is 3. The minimum atomic E-state index is -0.418. The number of oxazole rings is 1. The van der Waals surface area contributed by atoms with Gasteiger partial charge in [0.2, 0.25) is 5.75 Å². The van der Waals surface area contributed by atoms with Crippen molar-refractivity contribution >= 4 is 29.1 Å². The number of methoxy groups -OCH3 is 2. The number of aromatic nitrogens is 1. The molecule has 2 saturated heterocycles. The summed E-state index contributed by atoms with van der Waals surface area (Å²) in [4.78, 5) is 34.4. The minimum absolute atomic E-state index is 0.0283. The highest BCUT2D eigenvalue weighted by Gasteiger charge is 2.30. The van der Waals surface area contributed by atoms with Crippen LogP contribution in [0.2, 0.25) is 0 Å². The average molecular weight is 644 g/mol. The molecule has 2 fully saturated rings. The number of hydrogen-bond acceptors (Lipinski definition) is 8. The van der Waals surface area contributed by atoms with Gasteiger partial charge in [0.15, 0.2) is 17.9 Å². The normalized spacial score (nSPS) is 18.0. The lowest BCUT2D eigenvalue weighted by Crippen LogP contribution is -2.48. The van der Waals surface area contributed by atoms with Gasteiger partial charge in [0, 0.05) is 25.6 Å². The first-order chi connectivity index (χ1) is 22.8. The molecule has 0 bridgehead atoms. The third kappa shape index (κ3) is 7.27. The van der Waals surface area contributed by atoms with Crippen LogP contribution in [0.1, 0.15) is 74.3 Å². The number of halogens is 1. The Labute approximate surface area is 275 Å². The van der Waals surface area contributed by atoms with Gasteiger partial charge in [-0.25, -0.2) is 14.2 Å². The SMILES string of the molecule is COc1cc(/C=C2/C(C)=C(CCC(=O)Cc3cocn3)c3cc(F)ccc32)cc(OC)c1OC(=O)N1CCC(N2CCCCC2)CC1. The molecule has 6 rings (SSSR count). The van der Waals surface area contributed by atoms with Crippen LogP contribution >= 0.6 is 0 Å². The maximum atomic E-state index is 14.4. The van der Waals surface area contributed by atoms with Gasteiger partial charge in [-0.3, -0.25) is 4.79 Å². The molecule has 0 atom stereocenters. The summed E-state index contributed by atoms with van der Waals surface area (Å²) >= 11 is 0. The first-order valence-electron chi connectivity index (χ1n) is 16.4. The summed E-state index contributed by atoms with van der Waals surface area (Å²) in [6.07, 6.45) is 11.0. The lowest BCUT2D eigenvalue weighted by Gasteiger charge is -2.39. The van der Waals surface area contributed by atoms with Crippen LogP contribution in [-0.4, -0.2) is 73.1 Å². The van der Waals surface area contributed by atoms with E-state index < -0.39 is 6.09 Å². The topological polar surface area (TPSA) is 94.3 Å². The molecule has 10 heteroatoms. The van der Waals surface area contributed by atoms with Crippen molar-refractivity contribution < 1.29 is 32.6 Å². The second-order valence-corrected chi connectivity index (χ2v) is 12.5. The van der Waals surface area contributed by atoms with Gasteiger partial charge in [0.05, 0.1) is 26.3 Å². The number of carbonyl (C=O) groups is 2. The summed E-state index contributed by atoms with van der Waals surface area (Å²) in [6, 6.07) is 8.86. The van der Waals surface area contributed by atoms with E-state index in [4.69, 9.17) is 18.6 Å². The highest BCUT2D eigenvalue weighted by atomic mass is 19.1.